The highest BCUT2D eigenvalue weighted by Crippen LogP contribution is 2.35. The van der Waals surface area contributed by atoms with Crippen molar-refractivity contribution in [3.63, 3.8) is 0 Å². The predicted octanol–water partition coefficient (Wildman–Crippen LogP) is 3.40. The first-order chi connectivity index (χ1) is 18.3. The van der Waals surface area contributed by atoms with Gasteiger partial charge in [0.05, 0.1) is 23.4 Å². The van der Waals surface area contributed by atoms with Crippen LogP contribution in [0.25, 0.3) is 0 Å². The maximum atomic E-state index is 13.2. The smallest absolute Gasteiger partial charge is 0.268 e. The molecule has 2 amide bonds. The molecule has 0 radical (unpaired) electrons. The summed E-state index contributed by atoms with van der Waals surface area (Å²) in [6.07, 6.45) is 10.0. The summed E-state index contributed by atoms with van der Waals surface area (Å²) in [5.41, 5.74) is 2.57. The van der Waals surface area contributed by atoms with Crippen molar-refractivity contribution in [2.75, 3.05) is 20.1 Å². The molecule has 2 atom stereocenters. The van der Waals surface area contributed by atoms with E-state index in [4.69, 9.17) is 4.74 Å². The number of nitrogens with one attached hydrogen (secondary N) is 2. The summed E-state index contributed by atoms with van der Waals surface area (Å²) in [6, 6.07) is 7.91. The molecule has 1 saturated carbocycles. The predicted molar refractivity (Wildman–Crippen MR) is 149 cm³/mol. The Bertz CT molecular complexity index is 1100. The third kappa shape index (κ3) is 6.72. The highest BCUT2D eigenvalue weighted by Gasteiger charge is 2.43. The van der Waals surface area contributed by atoms with Gasteiger partial charge in [0, 0.05) is 32.9 Å². The summed E-state index contributed by atoms with van der Waals surface area (Å²) in [7, 11) is 1.59. The second-order valence-corrected chi connectivity index (χ2v) is 10.9. The Morgan fingerprint density at radius 2 is 1.89 bits per heavy atom. The third-order valence-electron chi connectivity index (χ3n) is 7.97. The van der Waals surface area contributed by atoms with Gasteiger partial charge in [-0.15, -0.1) is 0 Å². The molecule has 38 heavy (non-hydrogen) atoms. The van der Waals surface area contributed by atoms with Crippen LogP contribution in [0, 0.1) is 0 Å². The number of carbonyl (C=O) groups excluding carboxylic acids is 2. The summed E-state index contributed by atoms with van der Waals surface area (Å²) in [5, 5.41) is 16.8. The quantitative estimate of drug-likeness (QED) is 0.376. The number of nitrogens with zero attached hydrogens (tertiary/aromatic N) is 2. The number of fused-ring (bicyclic) bond motifs is 1. The Kier molecular flexibility index (Phi) is 9.39. The van der Waals surface area contributed by atoms with Gasteiger partial charge in [-0.3, -0.25) is 19.5 Å². The lowest BCUT2D eigenvalue weighted by Gasteiger charge is -2.38. The van der Waals surface area contributed by atoms with E-state index in [-0.39, 0.29) is 17.4 Å². The molecule has 3 N–H and O–H groups in total. The van der Waals surface area contributed by atoms with E-state index in [0.717, 1.165) is 45.2 Å². The molecular formula is C30H42N4O4. The van der Waals surface area contributed by atoms with Gasteiger partial charge in [-0.1, -0.05) is 43.5 Å². The van der Waals surface area contributed by atoms with Crippen LogP contribution in [0.3, 0.4) is 0 Å². The molecule has 8 heteroatoms. The normalized spacial score (nSPS) is 22.2. The number of β-amino-alcohol motifs (C(OH)–C–C–N with tert-alkyl or cyclic N) is 1. The molecule has 0 unspecified atom stereocenters. The number of aliphatic hydroxyl groups excluding tert-OH is 1. The van der Waals surface area contributed by atoms with E-state index in [0.29, 0.717) is 30.8 Å². The minimum Gasteiger partial charge on any atom is -0.480 e. The van der Waals surface area contributed by atoms with E-state index in [1.807, 2.05) is 13.0 Å². The number of rotatable bonds is 7. The van der Waals surface area contributed by atoms with Crippen molar-refractivity contribution in [2.24, 2.45) is 4.99 Å². The fourth-order valence-corrected chi connectivity index (χ4v) is 5.64. The lowest BCUT2D eigenvalue weighted by Crippen LogP contribution is -2.52. The molecule has 1 spiro atoms. The molecule has 2 aliphatic heterocycles. The molecule has 1 aliphatic carbocycles. The summed E-state index contributed by atoms with van der Waals surface area (Å²) in [6.45, 7) is 5.75. The van der Waals surface area contributed by atoms with Crippen molar-refractivity contribution >= 4 is 18.0 Å². The Hall–Kier alpha value is -2.97. The highest BCUT2D eigenvalue weighted by atomic mass is 16.5. The summed E-state index contributed by atoms with van der Waals surface area (Å²) < 4.78 is 6.26. The average molecular weight is 523 g/mol. The zero-order valence-corrected chi connectivity index (χ0v) is 23.0. The van der Waals surface area contributed by atoms with Gasteiger partial charge in [0.15, 0.2) is 5.60 Å². The fraction of sp³-hybridized carbons (Fsp3) is 0.567. The van der Waals surface area contributed by atoms with Crippen LogP contribution in [0.5, 0.6) is 0 Å². The van der Waals surface area contributed by atoms with E-state index in [1.165, 1.54) is 23.8 Å². The molecular weight excluding hydrogens is 480 g/mol. The van der Waals surface area contributed by atoms with Gasteiger partial charge in [-0.25, -0.2) is 0 Å². The molecule has 8 nitrogen and oxygen atoms in total. The lowest BCUT2D eigenvalue weighted by atomic mass is 9.85. The van der Waals surface area contributed by atoms with Crippen LogP contribution in [0.4, 0.5) is 0 Å². The third-order valence-corrected chi connectivity index (χ3v) is 7.97. The molecule has 0 aromatic heterocycles. The first-order valence-electron chi connectivity index (χ1n) is 13.9. The second-order valence-electron chi connectivity index (χ2n) is 10.9. The van der Waals surface area contributed by atoms with Gasteiger partial charge >= 0.3 is 0 Å². The molecule has 0 saturated heterocycles. The van der Waals surface area contributed by atoms with Crippen LogP contribution >= 0.6 is 0 Å². The van der Waals surface area contributed by atoms with Crippen LogP contribution < -0.4 is 10.6 Å². The van der Waals surface area contributed by atoms with E-state index < -0.39 is 17.7 Å². The van der Waals surface area contributed by atoms with Crippen molar-refractivity contribution in [2.45, 2.75) is 89.5 Å². The number of ether oxygens (including phenoxy) is 1. The first kappa shape index (κ1) is 28.0. The Labute approximate surface area is 226 Å². The van der Waals surface area contributed by atoms with Crippen molar-refractivity contribution in [3.8, 4) is 0 Å². The Morgan fingerprint density at radius 1 is 1.21 bits per heavy atom. The molecule has 1 aromatic rings. The second kappa shape index (κ2) is 12.7. The zero-order chi connectivity index (χ0) is 27.1. The first-order valence-corrected chi connectivity index (χ1v) is 13.9. The number of amides is 2. The van der Waals surface area contributed by atoms with Gasteiger partial charge < -0.3 is 20.5 Å². The van der Waals surface area contributed by atoms with Crippen molar-refractivity contribution in [1.82, 2.24) is 15.5 Å². The van der Waals surface area contributed by atoms with Crippen LogP contribution in [0.15, 0.2) is 52.4 Å². The van der Waals surface area contributed by atoms with Gasteiger partial charge in [-0.2, -0.15) is 0 Å². The molecule has 206 valence electrons. The number of carbonyl (C=O) groups is 2. The maximum absolute atomic E-state index is 13.2. The van der Waals surface area contributed by atoms with Crippen molar-refractivity contribution in [1.29, 1.82) is 0 Å². The van der Waals surface area contributed by atoms with Crippen LogP contribution in [0.1, 0.15) is 69.9 Å². The minimum absolute atomic E-state index is 0.142. The summed E-state index contributed by atoms with van der Waals surface area (Å²) in [5.74, 6) is 0.0849. The summed E-state index contributed by atoms with van der Waals surface area (Å²) in [4.78, 5) is 32.6. The zero-order valence-electron chi connectivity index (χ0n) is 23.0. The van der Waals surface area contributed by atoms with E-state index in [2.05, 4.69) is 38.7 Å². The maximum Gasteiger partial charge on any atom is 0.268 e. The largest absolute Gasteiger partial charge is 0.480 e. The molecule has 2 heterocycles. The Balaban J connectivity index is 1.40. The van der Waals surface area contributed by atoms with E-state index >= 15 is 0 Å². The monoisotopic (exact) mass is 522 g/mol. The number of hydrogen-bond donors (Lipinski definition) is 3. The molecule has 0 bridgehead atoms. The topological polar surface area (TPSA) is 103 Å². The van der Waals surface area contributed by atoms with Crippen molar-refractivity contribution in [3.05, 3.63) is 58.5 Å². The van der Waals surface area contributed by atoms with E-state index in [9.17, 15) is 14.7 Å². The van der Waals surface area contributed by atoms with Gasteiger partial charge in [0.2, 0.25) is 0 Å². The van der Waals surface area contributed by atoms with Crippen molar-refractivity contribution < 1.29 is 19.4 Å². The Morgan fingerprint density at radius 3 is 2.61 bits per heavy atom. The van der Waals surface area contributed by atoms with Gasteiger partial charge in [0.25, 0.3) is 11.8 Å². The fourth-order valence-electron chi connectivity index (χ4n) is 5.64. The van der Waals surface area contributed by atoms with Crippen LogP contribution in [0.2, 0.25) is 0 Å². The van der Waals surface area contributed by atoms with E-state index in [1.54, 1.807) is 20.0 Å². The molecule has 1 aromatic carbocycles. The number of hydrogen-bond acceptors (Lipinski definition) is 6. The molecule has 3 aliphatic rings. The number of aliphatic hydroxyl groups is 1. The van der Waals surface area contributed by atoms with Gasteiger partial charge in [-0.05, 0) is 63.2 Å². The average Bonchev–Trinajstić information content (AvgIpc) is 2.88. The molecule has 4 rings (SSSR count). The van der Waals surface area contributed by atoms with Crippen LogP contribution in [-0.4, -0.2) is 65.9 Å². The van der Waals surface area contributed by atoms with Gasteiger partial charge in [0.1, 0.15) is 5.76 Å². The summed E-state index contributed by atoms with van der Waals surface area (Å²) >= 11 is 0. The van der Waals surface area contributed by atoms with Crippen LogP contribution in [-0.2, 0) is 27.3 Å². The minimum atomic E-state index is -0.823. The molecule has 1 fully saturated rings. The number of aliphatic imine (C=N–C) groups is 1. The standard InChI is InChI=1S/C30H42N4O4/c1-21(27(35)20-34-16-13-23-11-7-8-12-24(23)19-34)32-28(36)25(18-31-3)17-26-22(2)38-30(29(37)33-26)14-9-5-4-6-10-15-30/h7-8,11-12,17-18,21,27,35H,4-6,9-10,13-16,19-20H2,1-3H3,(H,32,36)(H,33,37)/b25-17+,31-18-/t21-,27+/m0/s1. The number of allylic oxidation sites excluding steroid dienone is 2. The highest BCUT2D eigenvalue weighted by molar-refractivity contribution is 6.12. The number of benzene rings is 1. The SMILES string of the molecule is C/N=C\C(=C/C1=C(C)OC2(CCCCCCC2)C(=O)N1)C(=O)N[C@@H](C)[C@H](O)CN1CCc2ccccc2C1. The lowest BCUT2D eigenvalue weighted by molar-refractivity contribution is -0.147.